The molecule has 21 heavy (non-hydrogen) atoms. The van der Waals surface area contributed by atoms with Crippen molar-refractivity contribution in [3.8, 4) is 0 Å². The van der Waals surface area contributed by atoms with Crippen LogP contribution in [0.3, 0.4) is 0 Å². The second-order valence-corrected chi connectivity index (χ2v) is 6.68. The smallest absolute Gasteiger partial charge is 0.0700 e. The van der Waals surface area contributed by atoms with Crippen molar-refractivity contribution < 1.29 is 9.47 Å². The molecule has 3 unspecified atom stereocenters. The van der Waals surface area contributed by atoms with Gasteiger partial charge in [-0.25, -0.2) is 0 Å². The molecule has 0 radical (unpaired) electrons. The highest BCUT2D eigenvalue weighted by atomic mass is 16.5. The molecule has 1 N–H and O–H groups in total. The Labute approximate surface area is 131 Å². The maximum atomic E-state index is 5.60. The Morgan fingerprint density at radius 1 is 1.29 bits per heavy atom. The Bertz CT molecular complexity index is 276. The van der Waals surface area contributed by atoms with Gasteiger partial charge in [-0.2, -0.15) is 0 Å². The summed E-state index contributed by atoms with van der Waals surface area (Å²) in [6.45, 7) is 14.9. The van der Waals surface area contributed by atoms with Crippen LogP contribution in [-0.2, 0) is 9.47 Å². The van der Waals surface area contributed by atoms with E-state index in [0.29, 0.717) is 19.3 Å². The van der Waals surface area contributed by atoms with Crippen molar-refractivity contribution in [1.82, 2.24) is 10.2 Å². The number of ether oxygens (including phenoxy) is 2. The first-order valence-corrected chi connectivity index (χ1v) is 8.62. The molecule has 1 heterocycles. The molecular weight excluding hydrogens is 264 g/mol. The van der Waals surface area contributed by atoms with E-state index in [1.54, 1.807) is 7.11 Å². The lowest BCUT2D eigenvalue weighted by molar-refractivity contribution is 0.0348. The van der Waals surface area contributed by atoms with E-state index in [1.807, 2.05) is 0 Å². The zero-order valence-corrected chi connectivity index (χ0v) is 14.8. The van der Waals surface area contributed by atoms with Crippen molar-refractivity contribution in [2.75, 3.05) is 46.6 Å². The molecule has 0 aromatic heterocycles. The molecule has 1 rings (SSSR count). The van der Waals surface area contributed by atoms with Gasteiger partial charge in [0, 0.05) is 44.9 Å². The minimum Gasteiger partial charge on any atom is -0.382 e. The molecule has 0 saturated carbocycles. The number of hydrogen-bond donors (Lipinski definition) is 1. The molecule has 0 aliphatic carbocycles. The third-order valence-electron chi connectivity index (χ3n) is 5.01. The van der Waals surface area contributed by atoms with Gasteiger partial charge < -0.3 is 14.8 Å². The van der Waals surface area contributed by atoms with Crippen molar-refractivity contribution in [3.05, 3.63) is 0 Å². The highest BCUT2D eigenvalue weighted by Crippen LogP contribution is 2.24. The van der Waals surface area contributed by atoms with Crippen LogP contribution in [0.2, 0.25) is 0 Å². The molecule has 1 saturated heterocycles. The standard InChI is InChI=1S/C17H36N2O2/c1-6-15(3)16-13-18-17(4,7-2)14-19(16)9-8-10-21-12-11-20-5/h15-16,18H,6-14H2,1-5H3. The summed E-state index contributed by atoms with van der Waals surface area (Å²) < 4.78 is 10.6. The minimum atomic E-state index is 0.265. The zero-order chi connectivity index (χ0) is 15.7. The Balaban J connectivity index is 2.42. The van der Waals surface area contributed by atoms with Crippen LogP contribution in [0.5, 0.6) is 0 Å². The Kier molecular flexibility index (Phi) is 8.79. The lowest BCUT2D eigenvalue weighted by Gasteiger charge is -2.48. The van der Waals surface area contributed by atoms with Gasteiger partial charge in [-0.3, -0.25) is 4.90 Å². The lowest BCUT2D eigenvalue weighted by Crippen LogP contribution is -2.64. The van der Waals surface area contributed by atoms with Crippen LogP contribution in [0.25, 0.3) is 0 Å². The predicted octanol–water partition coefficient (Wildman–Crippen LogP) is 2.53. The maximum Gasteiger partial charge on any atom is 0.0700 e. The SMILES string of the molecule is CCC(C)C1CNC(C)(CC)CN1CCCOCCOC. The summed E-state index contributed by atoms with van der Waals surface area (Å²) in [5.41, 5.74) is 0.265. The van der Waals surface area contributed by atoms with Gasteiger partial charge >= 0.3 is 0 Å². The number of piperazine rings is 1. The molecule has 0 bridgehead atoms. The van der Waals surface area contributed by atoms with Gasteiger partial charge in [0.25, 0.3) is 0 Å². The molecular formula is C17H36N2O2. The molecule has 4 heteroatoms. The summed E-state index contributed by atoms with van der Waals surface area (Å²) in [6, 6.07) is 0.661. The largest absolute Gasteiger partial charge is 0.382 e. The van der Waals surface area contributed by atoms with E-state index < -0.39 is 0 Å². The molecule has 3 atom stereocenters. The molecule has 4 nitrogen and oxygen atoms in total. The summed E-state index contributed by atoms with van der Waals surface area (Å²) in [5.74, 6) is 0.744. The van der Waals surface area contributed by atoms with Crippen LogP contribution in [0.4, 0.5) is 0 Å². The van der Waals surface area contributed by atoms with E-state index in [1.165, 1.54) is 12.8 Å². The Morgan fingerprint density at radius 3 is 2.67 bits per heavy atom. The van der Waals surface area contributed by atoms with E-state index in [9.17, 15) is 0 Å². The maximum absolute atomic E-state index is 5.60. The summed E-state index contributed by atoms with van der Waals surface area (Å²) in [7, 11) is 1.71. The highest BCUT2D eigenvalue weighted by Gasteiger charge is 2.35. The first-order valence-electron chi connectivity index (χ1n) is 8.62. The first kappa shape index (κ1) is 18.9. The summed E-state index contributed by atoms with van der Waals surface area (Å²) in [5, 5.41) is 3.77. The van der Waals surface area contributed by atoms with Crippen LogP contribution < -0.4 is 5.32 Å². The number of nitrogens with zero attached hydrogens (tertiary/aromatic N) is 1. The first-order chi connectivity index (χ1) is 10.1. The third-order valence-corrected chi connectivity index (χ3v) is 5.01. The second-order valence-electron chi connectivity index (χ2n) is 6.68. The molecule has 0 aromatic rings. The topological polar surface area (TPSA) is 33.7 Å². The van der Waals surface area contributed by atoms with Gasteiger partial charge in [0.05, 0.1) is 13.2 Å². The molecule has 0 amide bonds. The van der Waals surface area contributed by atoms with E-state index >= 15 is 0 Å². The normalized spacial score (nSPS) is 28.7. The molecule has 0 spiro atoms. The van der Waals surface area contributed by atoms with Crippen molar-refractivity contribution >= 4 is 0 Å². The average molecular weight is 300 g/mol. The van der Waals surface area contributed by atoms with Crippen molar-refractivity contribution in [1.29, 1.82) is 0 Å². The lowest BCUT2D eigenvalue weighted by atomic mass is 9.88. The van der Waals surface area contributed by atoms with Crippen molar-refractivity contribution in [2.45, 2.75) is 58.5 Å². The number of methoxy groups -OCH3 is 1. The molecule has 126 valence electrons. The monoisotopic (exact) mass is 300 g/mol. The summed E-state index contributed by atoms with van der Waals surface area (Å²) in [4.78, 5) is 2.69. The fraction of sp³-hybridized carbons (Fsp3) is 1.00. The summed E-state index contributed by atoms with van der Waals surface area (Å²) >= 11 is 0. The van der Waals surface area contributed by atoms with Gasteiger partial charge in [-0.05, 0) is 25.7 Å². The average Bonchev–Trinajstić information content (AvgIpc) is 2.50. The minimum absolute atomic E-state index is 0.265. The Morgan fingerprint density at radius 2 is 2.05 bits per heavy atom. The van der Waals surface area contributed by atoms with Crippen LogP contribution in [0.1, 0.15) is 47.0 Å². The molecule has 1 aliphatic rings. The summed E-state index contributed by atoms with van der Waals surface area (Å²) in [6.07, 6.45) is 3.54. The van der Waals surface area contributed by atoms with Gasteiger partial charge in [0.1, 0.15) is 0 Å². The quantitative estimate of drug-likeness (QED) is 0.629. The second kappa shape index (κ2) is 9.78. The van der Waals surface area contributed by atoms with Crippen molar-refractivity contribution in [2.24, 2.45) is 5.92 Å². The van der Waals surface area contributed by atoms with Crippen LogP contribution in [0.15, 0.2) is 0 Å². The van der Waals surface area contributed by atoms with E-state index in [-0.39, 0.29) is 5.54 Å². The predicted molar refractivity (Wildman–Crippen MR) is 88.8 cm³/mol. The van der Waals surface area contributed by atoms with Crippen LogP contribution in [-0.4, -0.2) is 63.0 Å². The fourth-order valence-corrected chi connectivity index (χ4v) is 3.03. The van der Waals surface area contributed by atoms with Crippen LogP contribution in [0, 0.1) is 5.92 Å². The molecule has 1 aliphatic heterocycles. The fourth-order valence-electron chi connectivity index (χ4n) is 3.03. The van der Waals surface area contributed by atoms with E-state index in [2.05, 4.69) is 37.9 Å². The third kappa shape index (κ3) is 6.23. The number of hydrogen-bond acceptors (Lipinski definition) is 4. The van der Waals surface area contributed by atoms with Crippen molar-refractivity contribution in [3.63, 3.8) is 0 Å². The molecule has 0 aromatic carbocycles. The van der Waals surface area contributed by atoms with Gasteiger partial charge in [0.15, 0.2) is 0 Å². The van der Waals surface area contributed by atoms with E-state index in [0.717, 1.165) is 38.6 Å². The van der Waals surface area contributed by atoms with Crippen LogP contribution >= 0.6 is 0 Å². The van der Waals surface area contributed by atoms with Gasteiger partial charge in [-0.1, -0.05) is 27.2 Å². The molecule has 1 fully saturated rings. The van der Waals surface area contributed by atoms with Gasteiger partial charge in [0.2, 0.25) is 0 Å². The van der Waals surface area contributed by atoms with Gasteiger partial charge in [-0.15, -0.1) is 0 Å². The Hall–Kier alpha value is -0.160. The van der Waals surface area contributed by atoms with E-state index in [4.69, 9.17) is 9.47 Å². The highest BCUT2D eigenvalue weighted by molar-refractivity contribution is 4.95. The zero-order valence-electron chi connectivity index (χ0n) is 14.8. The number of nitrogens with one attached hydrogen (secondary N) is 1. The number of rotatable bonds is 10.